The molecule has 0 fully saturated rings. The van der Waals surface area contributed by atoms with Gasteiger partial charge in [0.05, 0.1) is 0 Å². The zero-order valence-corrected chi connectivity index (χ0v) is 19.2. The zero-order valence-electron chi connectivity index (χ0n) is 16.4. The summed E-state index contributed by atoms with van der Waals surface area (Å²) in [4.78, 5) is 0. The zero-order chi connectivity index (χ0) is 17.8. The number of hydrogen-bond acceptors (Lipinski definition) is 0. The van der Waals surface area contributed by atoms with Crippen LogP contribution in [0, 0.1) is 11.8 Å². The monoisotopic (exact) mass is 432 g/mol. The van der Waals surface area contributed by atoms with E-state index in [4.69, 9.17) is 0 Å². The summed E-state index contributed by atoms with van der Waals surface area (Å²) in [5.74, 6) is 6.68. The molecule has 0 aromatic heterocycles. The molecular weight excluding hydrogens is 395 g/mol. The van der Waals surface area contributed by atoms with E-state index in [1.165, 1.54) is 57.4 Å². The first-order valence-corrected chi connectivity index (χ1v) is 17.3. The van der Waals surface area contributed by atoms with Crippen molar-refractivity contribution in [1.82, 2.24) is 0 Å². The predicted molar refractivity (Wildman–Crippen MR) is 113 cm³/mol. The van der Waals surface area contributed by atoms with Gasteiger partial charge < -0.3 is 0 Å². The van der Waals surface area contributed by atoms with Crippen molar-refractivity contribution in [2.75, 3.05) is 0 Å². The molecule has 0 aliphatic heterocycles. The average Bonchev–Trinajstić information content (AvgIpc) is 2.60. The van der Waals surface area contributed by atoms with Crippen molar-refractivity contribution in [2.45, 2.75) is 79.5 Å². The summed E-state index contributed by atoms with van der Waals surface area (Å²) >= 11 is -2.39. The molecule has 132 valence electrons. The molecule has 0 N–H and O–H groups in total. The Bertz CT molecular complexity index is 537. The van der Waals surface area contributed by atoms with Gasteiger partial charge in [0.25, 0.3) is 0 Å². The molecule has 0 aliphatic carbocycles. The van der Waals surface area contributed by atoms with Crippen LogP contribution in [0.2, 0.25) is 13.3 Å². The summed E-state index contributed by atoms with van der Waals surface area (Å²) in [7, 11) is 0. The van der Waals surface area contributed by atoms with E-state index in [2.05, 4.69) is 63.5 Å². The van der Waals surface area contributed by atoms with Crippen LogP contribution in [-0.2, 0) is 0 Å². The molecule has 1 heteroatoms. The van der Waals surface area contributed by atoms with Crippen LogP contribution in [0.1, 0.15) is 71.8 Å². The van der Waals surface area contributed by atoms with Gasteiger partial charge in [0, 0.05) is 0 Å². The van der Waals surface area contributed by atoms with Gasteiger partial charge >= 0.3 is 155 Å². The van der Waals surface area contributed by atoms with E-state index in [1.807, 2.05) is 6.92 Å². The summed E-state index contributed by atoms with van der Waals surface area (Å²) in [5.41, 5.74) is 2.26. The normalized spacial score (nSPS) is 11.0. The number of allylic oxidation sites excluding steroid dienone is 1. The number of benzene rings is 1. The number of hydrogen-bond donors (Lipinski definition) is 0. The van der Waals surface area contributed by atoms with Crippen molar-refractivity contribution in [3.05, 3.63) is 42.0 Å². The molecule has 1 aromatic carbocycles. The Balaban J connectivity index is 3.34. The SMILES string of the molecule is C=C(C)C#Cc1cccc[c]1[Sn]([CH2]CCC)([CH2]CCC)[CH2]CCC. The summed E-state index contributed by atoms with van der Waals surface area (Å²) < 4.78 is 6.18. The van der Waals surface area contributed by atoms with Gasteiger partial charge in [-0.1, -0.05) is 0 Å². The van der Waals surface area contributed by atoms with Crippen LogP contribution in [0.4, 0.5) is 0 Å². The summed E-state index contributed by atoms with van der Waals surface area (Å²) in [6, 6.07) is 9.08. The van der Waals surface area contributed by atoms with Crippen LogP contribution >= 0.6 is 0 Å². The molecule has 0 saturated carbocycles. The Morgan fingerprint density at radius 2 is 1.42 bits per heavy atom. The van der Waals surface area contributed by atoms with Crippen LogP contribution in [0.15, 0.2) is 36.4 Å². The minimum absolute atomic E-state index is 0.960. The molecule has 0 saturated heterocycles. The van der Waals surface area contributed by atoms with Crippen LogP contribution in [0.3, 0.4) is 0 Å². The van der Waals surface area contributed by atoms with E-state index in [0.29, 0.717) is 0 Å². The van der Waals surface area contributed by atoms with E-state index in [0.717, 1.165) is 5.57 Å². The van der Waals surface area contributed by atoms with Gasteiger partial charge in [-0.2, -0.15) is 0 Å². The van der Waals surface area contributed by atoms with Crippen molar-refractivity contribution >= 4 is 22.0 Å². The van der Waals surface area contributed by atoms with Gasteiger partial charge in [-0.3, -0.25) is 0 Å². The van der Waals surface area contributed by atoms with Crippen molar-refractivity contribution < 1.29 is 0 Å². The topological polar surface area (TPSA) is 0 Å². The van der Waals surface area contributed by atoms with Crippen molar-refractivity contribution in [3.63, 3.8) is 0 Å². The molecule has 0 unspecified atom stereocenters. The maximum absolute atomic E-state index is 3.95. The van der Waals surface area contributed by atoms with Gasteiger partial charge in [0.1, 0.15) is 0 Å². The molecule has 0 radical (unpaired) electrons. The molecule has 0 spiro atoms. The number of unbranched alkanes of at least 4 members (excludes halogenated alkanes) is 3. The third-order valence-electron chi connectivity index (χ3n) is 4.94. The van der Waals surface area contributed by atoms with Gasteiger partial charge in [0.2, 0.25) is 0 Å². The van der Waals surface area contributed by atoms with Crippen LogP contribution in [0.25, 0.3) is 0 Å². The second-order valence-corrected chi connectivity index (χ2v) is 20.3. The van der Waals surface area contributed by atoms with E-state index >= 15 is 0 Å². The Kier molecular flexibility index (Phi) is 10.5. The fourth-order valence-corrected chi connectivity index (χ4v) is 20.2. The Morgan fingerprint density at radius 3 is 1.88 bits per heavy atom. The molecule has 0 amide bonds. The molecule has 0 nitrogen and oxygen atoms in total. The second-order valence-electron chi connectivity index (χ2n) is 7.17. The van der Waals surface area contributed by atoms with E-state index < -0.39 is 18.4 Å². The van der Waals surface area contributed by atoms with Crippen molar-refractivity contribution in [2.24, 2.45) is 0 Å². The Hall–Kier alpha value is -0.681. The van der Waals surface area contributed by atoms with Crippen molar-refractivity contribution in [1.29, 1.82) is 0 Å². The Labute approximate surface area is 155 Å². The van der Waals surface area contributed by atoms with Gasteiger partial charge in [-0.05, 0) is 0 Å². The van der Waals surface area contributed by atoms with Crippen LogP contribution in [0.5, 0.6) is 0 Å². The first-order valence-electron chi connectivity index (χ1n) is 9.86. The van der Waals surface area contributed by atoms with Gasteiger partial charge in [-0.15, -0.1) is 0 Å². The minimum atomic E-state index is -2.39. The van der Waals surface area contributed by atoms with Crippen LogP contribution < -0.4 is 3.58 Å². The number of rotatable bonds is 10. The quantitative estimate of drug-likeness (QED) is 0.287. The first kappa shape index (κ1) is 21.4. The standard InChI is InChI=1S/C11H9.3C4H9.Sn/c1-10(2)8-9-11-6-4-3-5-7-11;3*1-3-4-2;/h3-6H,1H2,2H3;3*1,3-4H2,2H3;. The maximum atomic E-state index is 3.95. The van der Waals surface area contributed by atoms with Gasteiger partial charge in [-0.25, -0.2) is 0 Å². The third kappa shape index (κ3) is 6.67. The summed E-state index contributed by atoms with van der Waals surface area (Å²) in [6.45, 7) is 13.0. The molecule has 1 rings (SSSR count). The molecule has 0 atom stereocenters. The fourth-order valence-electron chi connectivity index (χ4n) is 3.55. The van der Waals surface area contributed by atoms with E-state index in [1.54, 1.807) is 3.58 Å². The molecular formula is C23H36Sn. The first-order chi connectivity index (χ1) is 11.6. The van der Waals surface area contributed by atoms with E-state index in [9.17, 15) is 0 Å². The average molecular weight is 431 g/mol. The predicted octanol–water partition coefficient (Wildman–Crippen LogP) is 6.67. The summed E-state index contributed by atoms with van der Waals surface area (Å²) in [6.07, 6.45) is 8.13. The molecule has 1 aromatic rings. The van der Waals surface area contributed by atoms with E-state index in [-0.39, 0.29) is 0 Å². The fraction of sp³-hybridized carbons (Fsp3) is 0.565. The van der Waals surface area contributed by atoms with Gasteiger partial charge in [0.15, 0.2) is 0 Å². The van der Waals surface area contributed by atoms with Crippen molar-refractivity contribution in [3.8, 4) is 11.8 Å². The summed E-state index contributed by atoms with van der Waals surface area (Å²) in [5, 5.41) is 0. The molecule has 0 heterocycles. The van der Waals surface area contributed by atoms with Crippen LogP contribution in [-0.4, -0.2) is 18.4 Å². The molecule has 24 heavy (non-hydrogen) atoms. The second kappa shape index (κ2) is 11.8. The molecule has 0 aliphatic rings. The third-order valence-corrected chi connectivity index (χ3v) is 20.7. The Morgan fingerprint density at radius 1 is 0.917 bits per heavy atom. The molecule has 0 bridgehead atoms.